The molecule has 0 aromatic carbocycles. The van der Waals surface area contributed by atoms with Gasteiger partial charge in [-0.05, 0) is 24.0 Å². The van der Waals surface area contributed by atoms with E-state index in [1.54, 1.807) is 0 Å². The lowest BCUT2D eigenvalue weighted by Crippen LogP contribution is -1.93. The summed E-state index contributed by atoms with van der Waals surface area (Å²) >= 11 is 1.90. The smallest absolute Gasteiger partial charge is 0.231 e. The molecule has 0 N–H and O–H groups in total. The third kappa shape index (κ3) is 1.66. The predicted molar refractivity (Wildman–Crippen MR) is 64.4 cm³/mol. The van der Waals surface area contributed by atoms with Crippen molar-refractivity contribution < 1.29 is 4.52 Å². The van der Waals surface area contributed by atoms with E-state index in [0.717, 1.165) is 12.2 Å². The standard InChI is InChI=1S/C12H15N3OS/c1-12(2)7(6-13)9(12)11-14-10(15-16-11)8-4-3-5-17-8/h7-9H,3-5H2,1-2H3. The number of nitrogens with zero attached hydrogens (tertiary/aromatic N) is 3. The minimum absolute atomic E-state index is 0.0125. The van der Waals surface area contributed by atoms with Crippen LogP contribution in [0.4, 0.5) is 0 Å². The SMILES string of the molecule is CC1(C)C(C#N)C1c1nc(C2CCCS2)no1. The van der Waals surface area contributed by atoms with Gasteiger partial charge in [0.1, 0.15) is 0 Å². The minimum Gasteiger partial charge on any atom is -0.339 e. The van der Waals surface area contributed by atoms with Crippen LogP contribution >= 0.6 is 11.8 Å². The average Bonchev–Trinajstić information content (AvgIpc) is 2.79. The van der Waals surface area contributed by atoms with E-state index >= 15 is 0 Å². The highest BCUT2D eigenvalue weighted by atomic mass is 32.2. The molecule has 2 fully saturated rings. The predicted octanol–water partition coefficient (Wildman–Crippen LogP) is 2.90. The molecule has 1 aromatic rings. The Morgan fingerprint density at radius 1 is 1.53 bits per heavy atom. The molecule has 3 atom stereocenters. The van der Waals surface area contributed by atoms with E-state index in [2.05, 4.69) is 30.1 Å². The Morgan fingerprint density at radius 3 is 2.94 bits per heavy atom. The Kier molecular flexibility index (Phi) is 2.44. The van der Waals surface area contributed by atoms with Gasteiger partial charge in [0.05, 0.1) is 23.2 Å². The molecular weight excluding hydrogens is 234 g/mol. The van der Waals surface area contributed by atoms with Crippen molar-refractivity contribution in [3.05, 3.63) is 11.7 Å². The maximum atomic E-state index is 9.05. The molecule has 0 spiro atoms. The molecule has 1 aliphatic carbocycles. The van der Waals surface area contributed by atoms with Crippen molar-refractivity contribution in [3.8, 4) is 6.07 Å². The minimum atomic E-state index is -0.0125. The second-order valence-corrected chi connectivity index (χ2v) is 6.71. The van der Waals surface area contributed by atoms with E-state index in [1.165, 1.54) is 12.2 Å². The van der Waals surface area contributed by atoms with Gasteiger partial charge in [0, 0.05) is 0 Å². The van der Waals surface area contributed by atoms with Gasteiger partial charge in [0.25, 0.3) is 0 Å². The van der Waals surface area contributed by atoms with Crippen LogP contribution in [0, 0.1) is 22.7 Å². The van der Waals surface area contributed by atoms with Crippen LogP contribution in [-0.4, -0.2) is 15.9 Å². The molecule has 0 bridgehead atoms. The van der Waals surface area contributed by atoms with Gasteiger partial charge in [-0.3, -0.25) is 0 Å². The highest BCUT2D eigenvalue weighted by Gasteiger charge is 2.62. The van der Waals surface area contributed by atoms with Crippen LogP contribution in [0.15, 0.2) is 4.52 Å². The number of rotatable bonds is 2. The molecule has 90 valence electrons. The summed E-state index contributed by atoms with van der Waals surface area (Å²) in [6, 6.07) is 2.32. The second kappa shape index (κ2) is 3.74. The van der Waals surface area contributed by atoms with Gasteiger partial charge in [-0.1, -0.05) is 19.0 Å². The third-order valence-electron chi connectivity index (χ3n) is 3.91. The summed E-state index contributed by atoms with van der Waals surface area (Å²) in [6.45, 7) is 4.17. The molecule has 3 rings (SSSR count). The van der Waals surface area contributed by atoms with Gasteiger partial charge < -0.3 is 4.52 Å². The van der Waals surface area contributed by atoms with Crippen molar-refractivity contribution in [2.45, 2.75) is 37.9 Å². The van der Waals surface area contributed by atoms with E-state index in [1.807, 2.05) is 11.8 Å². The number of hydrogen-bond donors (Lipinski definition) is 0. The quantitative estimate of drug-likeness (QED) is 0.806. The van der Waals surface area contributed by atoms with Crippen LogP contribution in [-0.2, 0) is 0 Å². The van der Waals surface area contributed by atoms with Crippen molar-refractivity contribution in [2.24, 2.45) is 11.3 Å². The summed E-state index contributed by atoms with van der Waals surface area (Å²) in [7, 11) is 0. The van der Waals surface area contributed by atoms with Crippen molar-refractivity contribution >= 4 is 11.8 Å². The molecule has 2 aliphatic rings. The van der Waals surface area contributed by atoms with Crippen LogP contribution in [0.1, 0.15) is 49.6 Å². The Labute approximate surface area is 105 Å². The molecule has 1 saturated heterocycles. The fourth-order valence-corrected chi connectivity index (χ4v) is 3.82. The summed E-state index contributed by atoms with van der Waals surface area (Å²) in [5.74, 6) is 2.81. The molecule has 2 heterocycles. The van der Waals surface area contributed by atoms with Gasteiger partial charge in [-0.2, -0.15) is 22.0 Å². The fourth-order valence-electron chi connectivity index (χ4n) is 2.63. The zero-order chi connectivity index (χ0) is 12.0. The first kappa shape index (κ1) is 11.1. The van der Waals surface area contributed by atoms with E-state index in [0.29, 0.717) is 11.1 Å². The molecule has 17 heavy (non-hydrogen) atoms. The summed E-state index contributed by atoms with van der Waals surface area (Å²) in [5, 5.41) is 13.5. The van der Waals surface area contributed by atoms with E-state index in [9.17, 15) is 0 Å². The van der Waals surface area contributed by atoms with Crippen molar-refractivity contribution in [1.29, 1.82) is 5.26 Å². The summed E-state index contributed by atoms with van der Waals surface area (Å²) in [5.41, 5.74) is -0.0125. The first-order chi connectivity index (χ1) is 8.14. The molecule has 1 aromatic heterocycles. The monoisotopic (exact) mass is 249 g/mol. The van der Waals surface area contributed by atoms with Gasteiger partial charge in [-0.25, -0.2) is 0 Å². The molecule has 5 heteroatoms. The van der Waals surface area contributed by atoms with Crippen LogP contribution in [0.3, 0.4) is 0 Å². The van der Waals surface area contributed by atoms with Crippen LogP contribution in [0.25, 0.3) is 0 Å². The molecular formula is C12H15N3OS. The maximum absolute atomic E-state index is 9.05. The summed E-state index contributed by atoms with van der Waals surface area (Å²) in [4.78, 5) is 4.50. The Bertz CT molecular complexity index is 470. The highest BCUT2D eigenvalue weighted by Crippen LogP contribution is 2.63. The van der Waals surface area contributed by atoms with Gasteiger partial charge in [0.15, 0.2) is 5.82 Å². The summed E-state index contributed by atoms with van der Waals surface area (Å²) in [6.07, 6.45) is 2.37. The molecule has 4 nitrogen and oxygen atoms in total. The van der Waals surface area contributed by atoms with Gasteiger partial charge in [0.2, 0.25) is 5.89 Å². The highest BCUT2D eigenvalue weighted by molar-refractivity contribution is 7.99. The lowest BCUT2D eigenvalue weighted by Gasteiger charge is -1.99. The topological polar surface area (TPSA) is 62.7 Å². The Morgan fingerprint density at radius 2 is 2.35 bits per heavy atom. The number of nitriles is 1. The molecule has 1 saturated carbocycles. The van der Waals surface area contributed by atoms with E-state index in [-0.39, 0.29) is 17.3 Å². The third-order valence-corrected chi connectivity index (χ3v) is 5.28. The largest absolute Gasteiger partial charge is 0.339 e. The maximum Gasteiger partial charge on any atom is 0.231 e. The van der Waals surface area contributed by atoms with Crippen LogP contribution in [0.5, 0.6) is 0 Å². The van der Waals surface area contributed by atoms with Crippen LogP contribution < -0.4 is 0 Å². The van der Waals surface area contributed by atoms with Crippen molar-refractivity contribution in [3.63, 3.8) is 0 Å². The number of hydrogen-bond acceptors (Lipinski definition) is 5. The second-order valence-electron chi connectivity index (χ2n) is 5.40. The lowest BCUT2D eigenvalue weighted by molar-refractivity contribution is 0.362. The average molecular weight is 249 g/mol. The summed E-state index contributed by atoms with van der Waals surface area (Å²) < 4.78 is 5.34. The van der Waals surface area contributed by atoms with E-state index in [4.69, 9.17) is 9.78 Å². The number of thioether (sulfide) groups is 1. The van der Waals surface area contributed by atoms with E-state index < -0.39 is 0 Å². The number of aromatic nitrogens is 2. The van der Waals surface area contributed by atoms with Crippen LogP contribution in [0.2, 0.25) is 0 Å². The zero-order valence-electron chi connectivity index (χ0n) is 10.0. The molecule has 3 unspecified atom stereocenters. The Hall–Kier alpha value is -1.02. The first-order valence-electron chi connectivity index (χ1n) is 5.99. The van der Waals surface area contributed by atoms with Crippen molar-refractivity contribution in [1.82, 2.24) is 10.1 Å². The zero-order valence-corrected chi connectivity index (χ0v) is 10.8. The van der Waals surface area contributed by atoms with Crippen molar-refractivity contribution in [2.75, 3.05) is 5.75 Å². The lowest BCUT2D eigenvalue weighted by atomic mass is 10.1. The fraction of sp³-hybridized carbons (Fsp3) is 0.750. The van der Waals surface area contributed by atoms with Gasteiger partial charge in [-0.15, -0.1) is 0 Å². The molecule has 1 aliphatic heterocycles. The molecule has 0 radical (unpaired) electrons. The molecule has 0 amide bonds. The normalized spacial score (nSPS) is 34.5. The first-order valence-corrected chi connectivity index (χ1v) is 7.04. The Balaban J connectivity index is 1.80. The van der Waals surface area contributed by atoms with Gasteiger partial charge >= 0.3 is 0 Å².